The molecule has 6 rings (SSSR count). The third-order valence-electron chi connectivity index (χ3n) is 7.49. The topological polar surface area (TPSA) is 4.93 Å². The summed E-state index contributed by atoms with van der Waals surface area (Å²) in [6.07, 6.45) is 6.62. The summed E-state index contributed by atoms with van der Waals surface area (Å²) in [7, 11) is 0. The highest BCUT2D eigenvalue weighted by Crippen LogP contribution is 2.35. The van der Waals surface area contributed by atoms with Crippen molar-refractivity contribution >= 4 is 32.6 Å². The van der Waals surface area contributed by atoms with Crippen LogP contribution < -0.4 is 0 Å². The monoisotopic (exact) mass is 463 g/mol. The SMILES string of the molecule is C#Cc1ccc(-n2c3ccccc3c3ccc(CC(c4ccc5ccccc5c4)C(C)C)cc32)cc1. The molecule has 1 atom stereocenters. The molecule has 0 spiro atoms. The third-order valence-corrected chi connectivity index (χ3v) is 7.49. The number of benzene rings is 5. The lowest BCUT2D eigenvalue weighted by molar-refractivity contribution is 0.496. The van der Waals surface area contributed by atoms with Crippen LogP contribution in [-0.4, -0.2) is 4.57 Å². The first kappa shape index (κ1) is 22.2. The third kappa shape index (κ3) is 3.86. The lowest BCUT2D eigenvalue weighted by Crippen LogP contribution is -2.10. The van der Waals surface area contributed by atoms with Crippen LogP contribution in [0.3, 0.4) is 0 Å². The molecular formula is C35H29N. The maximum atomic E-state index is 5.61. The van der Waals surface area contributed by atoms with E-state index < -0.39 is 0 Å². The highest BCUT2D eigenvalue weighted by atomic mass is 15.0. The average molecular weight is 464 g/mol. The van der Waals surface area contributed by atoms with Gasteiger partial charge in [-0.1, -0.05) is 92.6 Å². The largest absolute Gasteiger partial charge is 0.309 e. The van der Waals surface area contributed by atoms with E-state index in [2.05, 4.69) is 121 Å². The molecule has 5 aromatic carbocycles. The van der Waals surface area contributed by atoms with E-state index in [4.69, 9.17) is 6.42 Å². The van der Waals surface area contributed by atoms with Crippen LogP contribution in [-0.2, 0) is 6.42 Å². The molecule has 0 aliphatic carbocycles. The first-order valence-electron chi connectivity index (χ1n) is 12.7. The van der Waals surface area contributed by atoms with Gasteiger partial charge in [0.15, 0.2) is 0 Å². The minimum atomic E-state index is 0.444. The number of nitrogens with zero attached hydrogens (tertiary/aromatic N) is 1. The molecule has 1 heteroatoms. The van der Waals surface area contributed by atoms with Gasteiger partial charge in [0.25, 0.3) is 0 Å². The Balaban J connectivity index is 1.47. The number of terminal acetylenes is 1. The predicted octanol–water partition coefficient (Wildman–Crippen LogP) is 8.90. The van der Waals surface area contributed by atoms with Gasteiger partial charge in [0, 0.05) is 22.0 Å². The summed E-state index contributed by atoms with van der Waals surface area (Å²) in [6, 6.07) is 39.6. The highest BCUT2D eigenvalue weighted by Gasteiger charge is 2.19. The normalized spacial score (nSPS) is 12.4. The van der Waals surface area contributed by atoms with Crippen molar-refractivity contribution in [1.29, 1.82) is 0 Å². The minimum absolute atomic E-state index is 0.444. The van der Waals surface area contributed by atoms with Crippen LogP contribution in [0.15, 0.2) is 109 Å². The molecule has 0 fully saturated rings. The second kappa shape index (κ2) is 9.06. The fourth-order valence-electron chi connectivity index (χ4n) is 5.56. The molecule has 0 bridgehead atoms. The molecule has 1 aromatic heterocycles. The Labute approximate surface area is 213 Å². The van der Waals surface area contributed by atoms with E-state index in [9.17, 15) is 0 Å². The zero-order chi connectivity index (χ0) is 24.6. The Morgan fingerprint density at radius 2 is 1.42 bits per heavy atom. The summed E-state index contributed by atoms with van der Waals surface area (Å²) >= 11 is 0. The Bertz CT molecular complexity index is 1740. The first-order valence-corrected chi connectivity index (χ1v) is 12.7. The predicted molar refractivity (Wildman–Crippen MR) is 154 cm³/mol. The number of rotatable bonds is 5. The van der Waals surface area contributed by atoms with Crippen molar-refractivity contribution in [1.82, 2.24) is 4.57 Å². The Morgan fingerprint density at radius 1 is 0.694 bits per heavy atom. The summed E-state index contributed by atoms with van der Waals surface area (Å²) in [4.78, 5) is 0. The molecule has 0 aliphatic heterocycles. The maximum Gasteiger partial charge on any atom is 0.0543 e. The molecule has 1 heterocycles. The molecule has 6 aromatic rings. The number of para-hydroxylation sites is 1. The van der Waals surface area contributed by atoms with Crippen molar-refractivity contribution in [3.8, 4) is 18.0 Å². The molecule has 1 nitrogen and oxygen atoms in total. The lowest BCUT2D eigenvalue weighted by Gasteiger charge is -2.22. The number of hydrogen-bond donors (Lipinski definition) is 0. The van der Waals surface area contributed by atoms with Crippen LogP contribution in [0.1, 0.15) is 36.5 Å². The number of hydrogen-bond acceptors (Lipinski definition) is 0. The van der Waals surface area contributed by atoms with E-state index in [0.717, 1.165) is 17.7 Å². The Hall–Kier alpha value is -4.28. The average Bonchev–Trinajstić information content (AvgIpc) is 3.25. The molecule has 0 N–H and O–H groups in total. The van der Waals surface area contributed by atoms with Crippen molar-refractivity contribution < 1.29 is 0 Å². The molecule has 0 saturated carbocycles. The maximum absolute atomic E-state index is 5.61. The van der Waals surface area contributed by atoms with Crippen molar-refractivity contribution in [2.75, 3.05) is 0 Å². The van der Waals surface area contributed by atoms with Crippen molar-refractivity contribution in [3.05, 3.63) is 126 Å². The van der Waals surface area contributed by atoms with Gasteiger partial charge in [-0.15, -0.1) is 6.42 Å². The molecule has 36 heavy (non-hydrogen) atoms. The van der Waals surface area contributed by atoms with Crippen molar-refractivity contribution in [2.24, 2.45) is 5.92 Å². The van der Waals surface area contributed by atoms with Gasteiger partial charge in [0.05, 0.1) is 11.0 Å². The van der Waals surface area contributed by atoms with Gasteiger partial charge in [-0.3, -0.25) is 0 Å². The second-order valence-electron chi connectivity index (χ2n) is 10.1. The van der Waals surface area contributed by atoms with E-state index in [1.54, 1.807) is 0 Å². The van der Waals surface area contributed by atoms with Gasteiger partial charge in [-0.05, 0) is 76.6 Å². The molecular weight excluding hydrogens is 434 g/mol. The van der Waals surface area contributed by atoms with Gasteiger partial charge in [-0.25, -0.2) is 0 Å². The highest BCUT2D eigenvalue weighted by molar-refractivity contribution is 6.09. The summed E-state index contributed by atoms with van der Waals surface area (Å²) in [6.45, 7) is 4.67. The van der Waals surface area contributed by atoms with Crippen LogP contribution in [0, 0.1) is 18.3 Å². The van der Waals surface area contributed by atoms with Crippen LogP contribution in [0.5, 0.6) is 0 Å². The summed E-state index contributed by atoms with van der Waals surface area (Å²) in [5.74, 6) is 3.71. The first-order chi connectivity index (χ1) is 17.6. The van der Waals surface area contributed by atoms with Gasteiger partial charge in [0.1, 0.15) is 0 Å². The van der Waals surface area contributed by atoms with Gasteiger partial charge in [0.2, 0.25) is 0 Å². The van der Waals surface area contributed by atoms with Crippen LogP contribution in [0.25, 0.3) is 38.3 Å². The van der Waals surface area contributed by atoms with E-state index in [-0.39, 0.29) is 0 Å². The standard InChI is InChI=1S/C35H29N/c1-4-25-13-18-30(19-14-25)36-34-12-8-7-11-31(34)32-20-15-26(22-35(32)36)21-33(24(2)3)29-17-16-27-9-5-6-10-28(27)23-29/h1,5-20,22-24,33H,21H2,2-3H3. The molecule has 1 unspecified atom stereocenters. The molecule has 174 valence electrons. The second-order valence-corrected chi connectivity index (χ2v) is 10.1. The zero-order valence-electron chi connectivity index (χ0n) is 20.8. The van der Waals surface area contributed by atoms with E-state index >= 15 is 0 Å². The van der Waals surface area contributed by atoms with E-state index in [0.29, 0.717) is 11.8 Å². The number of fused-ring (bicyclic) bond motifs is 4. The van der Waals surface area contributed by atoms with Crippen molar-refractivity contribution in [3.63, 3.8) is 0 Å². The van der Waals surface area contributed by atoms with Crippen LogP contribution in [0.4, 0.5) is 0 Å². The van der Waals surface area contributed by atoms with Gasteiger partial charge < -0.3 is 4.57 Å². The fourth-order valence-corrected chi connectivity index (χ4v) is 5.56. The van der Waals surface area contributed by atoms with Crippen molar-refractivity contribution in [2.45, 2.75) is 26.2 Å². The summed E-state index contributed by atoms with van der Waals surface area (Å²) < 4.78 is 2.37. The van der Waals surface area contributed by atoms with E-state index in [1.807, 2.05) is 12.1 Å². The van der Waals surface area contributed by atoms with Gasteiger partial charge in [-0.2, -0.15) is 0 Å². The van der Waals surface area contributed by atoms with Crippen LogP contribution >= 0.6 is 0 Å². The Morgan fingerprint density at radius 3 is 2.19 bits per heavy atom. The minimum Gasteiger partial charge on any atom is -0.309 e. The van der Waals surface area contributed by atoms with E-state index in [1.165, 1.54) is 43.7 Å². The van der Waals surface area contributed by atoms with Gasteiger partial charge >= 0.3 is 0 Å². The smallest absolute Gasteiger partial charge is 0.0543 e. The molecule has 0 amide bonds. The molecule has 0 radical (unpaired) electrons. The Kier molecular flexibility index (Phi) is 5.59. The summed E-state index contributed by atoms with van der Waals surface area (Å²) in [5, 5.41) is 5.16. The molecule has 0 saturated heterocycles. The number of aromatic nitrogens is 1. The van der Waals surface area contributed by atoms with Crippen LogP contribution in [0.2, 0.25) is 0 Å². The fraction of sp³-hybridized carbons (Fsp3) is 0.143. The lowest BCUT2D eigenvalue weighted by atomic mass is 9.82. The quantitative estimate of drug-likeness (QED) is 0.225. The summed E-state index contributed by atoms with van der Waals surface area (Å²) in [5.41, 5.74) is 7.26. The molecule has 0 aliphatic rings. The zero-order valence-corrected chi connectivity index (χ0v) is 20.8.